The minimum Gasteiger partial charge on any atom is -0.330 e. The van der Waals surface area contributed by atoms with E-state index in [9.17, 15) is 0 Å². The molecule has 0 bridgehead atoms. The van der Waals surface area contributed by atoms with E-state index in [1.165, 1.54) is 51.4 Å². The minimum absolute atomic E-state index is 0. The summed E-state index contributed by atoms with van der Waals surface area (Å²) in [7, 11) is 0. The highest BCUT2D eigenvalue weighted by molar-refractivity contribution is 5.11. The average molecular weight is 454 g/mol. The molecular formula is C30H63NO. The van der Waals surface area contributed by atoms with Gasteiger partial charge in [0.1, 0.15) is 6.79 Å². The third kappa shape index (κ3) is 7.07. The predicted molar refractivity (Wildman–Crippen MR) is 146 cm³/mol. The predicted octanol–water partition coefficient (Wildman–Crippen LogP) is 9.02. The second kappa shape index (κ2) is 14.8. The van der Waals surface area contributed by atoms with Crippen LogP contribution in [0.2, 0.25) is 0 Å². The third-order valence-electron chi connectivity index (χ3n) is 9.81. The molecule has 32 heavy (non-hydrogen) atoms. The van der Waals surface area contributed by atoms with Gasteiger partial charge in [-0.1, -0.05) is 74.1 Å². The summed E-state index contributed by atoms with van der Waals surface area (Å²) in [6.07, 6.45) is 18.1. The van der Waals surface area contributed by atoms with E-state index in [2.05, 4.69) is 20.8 Å². The molecule has 5 aliphatic carbocycles. The van der Waals surface area contributed by atoms with Crippen LogP contribution in [0.25, 0.3) is 0 Å². The summed E-state index contributed by atoms with van der Waals surface area (Å²) >= 11 is 0. The number of carbonyl (C=O) groups is 1. The average Bonchev–Trinajstić information content (AvgIpc) is 3.64. The highest BCUT2D eigenvalue weighted by Crippen LogP contribution is 2.62. The monoisotopic (exact) mass is 453 g/mol. The lowest BCUT2D eigenvalue weighted by atomic mass is 9.45. The summed E-state index contributed by atoms with van der Waals surface area (Å²) in [4.78, 5) is 8.00. The summed E-state index contributed by atoms with van der Waals surface area (Å²) in [5.74, 6) is 8.23. The van der Waals surface area contributed by atoms with Gasteiger partial charge >= 0.3 is 0 Å². The van der Waals surface area contributed by atoms with Gasteiger partial charge in [-0.25, -0.2) is 0 Å². The van der Waals surface area contributed by atoms with E-state index in [4.69, 9.17) is 10.5 Å². The van der Waals surface area contributed by atoms with Crippen LogP contribution in [0.4, 0.5) is 0 Å². The third-order valence-corrected chi connectivity index (χ3v) is 9.81. The van der Waals surface area contributed by atoms with Gasteiger partial charge in [0.15, 0.2) is 0 Å². The smallest absolute Gasteiger partial charge is 0.106 e. The lowest BCUT2D eigenvalue weighted by Gasteiger charge is -2.60. The van der Waals surface area contributed by atoms with Crippen molar-refractivity contribution in [2.24, 2.45) is 58.5 Å². The Bertz CT molecular complexity index is 500. The molecule has 0 aromatic carbocycles. The lowest BCUT2D eigenvalue weighted by Crippen LogP contribution is -2.53. The molecule has 5 rings (SSSR count). The Morgan fingerprint density at radius 2 is 1.34 bits per heavy atom. The molecule has 0 aromatic rings. The fraction of sp³-hybridized carbons (Fsp3) is 0.967. The normalized spacial score (nSPS) is 41.6. The Hall–Kier alpha value is -0.370. The van der Waals surface area contributed by atoms with Crippen molar-refractivity contribution in [2.75, 3.05) is 6.54 Å². The van der Waals surface area contributed by atoms with Gasteiger partial charge in [0.05, 0.1) is 0 Å². The number of carbonyl (C=O) groups excluding carboxylic acids is 1. The van der Waals surface area contributed by atoms with Gasteiger partial charge in [-0.15, -0.1) is 0 Å². The van der Waals surface area contributed by atoms with Crippen molar-refractivity contribution in [1.82, 2.24) is 0 Å². The van der Waals surface area contributed by atoms with Crippen LogP contribution in [-0.4, -0.2) is 13.3 Å². The molecule has 8 atom stereocenters. The Morgan fingerprint density at radius 3 is 1.91 bits per heavy atom. The molecule has 5 aliphatic rings. The van der Waals surface area contributed by atoms with Crippen molar-refractivity contribution in [3.63, 3.8) is 0 Å². The Labute approximate surface area is 205 Å². The van der Waals surface area contributed by atoms with Gasteiger partial charge in [-0.2, -0.15) is 0 Å². The largest absolute Gasteiger partial charge is 0.330 e. The van der Waals surface area contributed by atoms with Crippen molar-refractivity contribution < 1.29 is 7.65 Å². The number of rotatable bonds is 1. The standard InChI is InChI=1S/C21H37N.C4H8.2C2H6.CH2O.2H2/c1-14-6-8-17-15(12-14)7-9-19-18(17)10-11-21(2)16(13-22)4-3-5-20(19)21;1-4-2-3-4;3*1-2;;/h14-20H,3-13,22H2,1-2H3;4H,2-3H2,1H3;2*1-2H3;1H2;2*1H/t14-,15+,16+,17-,18?,19+,20?,21+;;;;;;/m0....../s1. The Balaban J connectivity index is 0. The van der Waals surface area contributed by atoms with Crippen LogP contribution in [0.5, 0.6) is 0 Å². The number of fused-ring (bicyclic) bond motifs is 5. The summed E-state index contributed by atoms with van der Waals surface area (Å²) in [5.41, 5.74) is 6.77. The highest BCUT2D eigenvalue weighted by Gasteiger charge is 2.54. The first-order valence-corrected chi connectivity index (χ1v) is 14.5. The maximum Gasteiger partial charge on any atom is 0.106 e. The van der Waals surface area contributed by atoms with E-state index in [-0.39, 0.29) is 2.85 Å². The first-order chi connectivity index (χ1) is 15.5. The van der Waals surface area contributed by atoms with Gasteiger partial charge < -0.3 is 10.5 Å². The van der Waals surface area contributed by atoms with E-state index in [0.717, 1.165) is 53.9 Å². The molecule has 2 unspecified atom stereocenters. The number of hydrogen-bond acceptors (Lipinski definition) is 2. The molecule has 0 radical (unpaired) electrons. The second-order valence-electron chi connectivity index (χ2n) is 11.4. The van der Waals surface area contributed by atoms with E-state index in [1.54, 1.807) is 25.7 Å². The van der Waals surface area contributed by atoms with Crippen molar-refractivity contribution >= 4 is 6.79 Å². The molecule has 0 spiro atoms. The molecule has 5 saturated carbocycles. The second-order valence-corrected chi connectivity index (χ2v) is 11.4. The zero-order valence-corrected chi connectivity index (χ0v) is 23.0. The first kappa shape index (κ1) is 29.7. The molecule has 0 amide bonds. The topological polar surface area (TPSA) is 43.1 Å². The molecule has 0 aromatic heterocycles. The minimum atomic E-state index is 0. The van der Waals surface area contributed by atoms with Crippen LogP contribution < -0.4 is 5.73 Å². The van der Waals surface area contributed by atoms with Crippen LogP contribution in [0, 0.1) is 52.8 Å². The Kier molecular flexibility index (Phi) is 13.7. The summed E-state index contributed by atoms with van der Waals surface area (Å²) in [6.45, 7) is 18.3. The first-order valence-electron chi connectivity index (χ1n) is 14.5. The van der Waals surface area contributed by atoms with Crippen LogP contribution in [0.1, 0.15) is 128 Å². The van der Waals surface area contributed by atoms with Gasteiger partial charge in [-0.3, -0.25) is 0 Å². The molecule has 0 saturated heterocycles. The van der Waals surface area contributed by atoms with Crippen molar-refractivity contribution in [2.45, 2.75) is 126 Å². The molecular weight excluding hydrogens is 390 g/mol. The molecule has 194 valence electrons. The highest BCUT2D eigenvalue weighted by atomic mass is 16.1. The van der Waals surface area contributed by atoms with E-state index in [0.29, 0.717) is 5.41 Å². The fourth-order valence-electron chi connectivity index (χ4n) is 7.95. The van der Waals surface area contributed by atoms with Gasteiger partial charge in [0.25, 0.3) is 0 Å². The quantitative estimate of drug-likeness (QED) is 0.430. The van der Waals surface area contributed by atoms with Crippen LogP contribution in [-0.2, 0) is 4.79 Å². The van der Waals surface area contributed by atoms with Crippen LogP contribution >= 0.6 is 0 Å². The van der Waals surface area contributed by atoms with Crippen molar-refractivity contribution in [3.05, 3.63) is 0 Å². The Morgan fingerprint density at radius 1 is 0.781 bits per heavy atom. The maximum absolute atomic E-state index is 8.00. The SMILES string of the molecule is C=O.CC.CC.CC1CC1.C[C@H]1CC[C@@H]2C3CC[C@@]4(C)C(CCC[C@@H]4CN)[C@@H]3CC[C@@H]2C1.[HH].[HH]. The number of hydrogen-bond donors (Lipinski definition) is 1. The van der Waals surface area contributed by atoms with E-state index in [1.807, 2.05) is 34.5 Å². The molecule has 2 nitrogen and oxygen atoms in total. The number of nitrogens with two attached hydrogens (primary N) is 1. The zero-order valence-electron chi connectivity index (χ0n) is 23.0. The van der Waals surface area contributed by atoms with Crippen LogP contribution in [0.3, 0.4) is 0 Å². The molecule has 2 N–H and O–H groups in total. The molecule has 5 fully saturated rings. The maximum atomic E-state index is 8.00. The summed E-state index contributed by atoms with van der Waals surface area (Å²) < 4.78 is 0. The fourth-order valence-corrected chi connectivity index (χ4v) is 7.95. The summed E-state index contributed by atoms with van der Waals surface area (Å²) in [6, 6.07) is 0. The van der Waals surface area contributed by atoms with E-state index >= 15 is 0 Å². The van der Waals surface area contributed by atoms with Crippen molar-refractivity contribution in [3.8, 4) is 0 Å². The molecule has 2 heteroatoms. The lowest BCUT2D eigenvalue weighted by molar-refractivity contribution is -0.107. The van der Waals surface area contributed by atoms with Gasteiger partial charge in [0.2, 0.25) is 0 Å². The van der Waals surface area contributed by atoms with Gasteiger partial charge in [0, 0.05) is 2.85 Å². The van der Waals surface area contributed by atoms with Gasteiger partial charge in [-0.05, 0) is 111 Å². The van der Waals surface area contributed by atoms with E-state index < -0.39 is 0 Å². The molecule has 0 aliphatic heterocycles. The summed E-state index contributed by atoms with van der Waals surface area (Å²) in [5, 5.41) is 0. The van der Waals surface area contributed by atoms with Crippen molar-refractivity contribution in [1.29, 1.82) is 0 Å². The molecule has 0 heterocycles. The zero-order chi connectivity index (χ0) is 24.3. The van der Waals surface area contributed by atoms with Crippen LogP contribution in [0.15, 0.2) is 0 Å².